The Balaban J connectivity index is 2.73. The fourth-order valence-corrected chi connectivity index (χ4v) is 1.17. The summed E-state index contributed by atoms with van der Waals surface area (Å²) < 4.78 is 12.5. The number of nitrogens with one attached hydrogen (secondary N) is 1. The molecular weight excluding hydrogens is 165 g/mol. The topological polar surface area (TPSA) is 12.0 Å². The molecule has 70 valence electrons. The lowest BCUT2D eigenvalue weighted by atomic mass is 10.1. The normalized spacial score (nSPS) is 11.8. The van der Waals surface area contributed by atoms with Crippen LogP contribution in [0.3, 0.4) is 0 Å². The molecule has 0 unspecified atom stereocenters. The first-order chi connectivity index (χ1) is 6.22. The van der Waals surface area contributed by atoms with Crippen molar-refractivity contribution in [1.82, 2.24) is 5.32 Å². The Kier molecular flexibility index (Phi) is 3.65. The van der Waals surface area contributed by atoms with Crippen LogP contribution in [0.25, 0.3) is 6.08 Å². The van der Waals surface area contributed by atoms with E-state index in [1.165, 1.54) is 17.7 Å². The van der Waals surface area contributed by atoms with Crippen molar-refractivity contribution in [3.63, 3.8) is 0 Å². The average Bonchev–Trinajstić information content (AvgIpc) is 2.09. The van der Waals surface area contributed by atoms with Gasteiger partial charge >= 0.3 is 0 Å². The molecule has 1 rings (SSSR count). The van der Waals surface area contributed by atoms with Crippen molar-refractivity contribution in [2.75, 3.05) is 13.6 Å². The van der Waals surface area contributed by atoms with Crippen molar-refractivity contribution in [3.8, 4) is 0 Å². The zero-order valence-corrected chi connectivity index (χ0v) is 7.97. The van der Waals surface area contributed by atoms with Crippen molar-refractivity contribution in [3.05, 3.63) is 41.2 Å². The standard InChI is InChI=1S/C11H14FN/c1-9(8-13-2)7-10-3-5-11(12)6-4-10/h3-7,13H,8H2,1-2H3. The van der Waals surface area contributed by atoms with Crippen molar-refractivity contribution in [2.45, 2.75) is 6.92 Å². The minimum atomic E-state index is -0.191. The Hall–Kier alpha value is -1.15. The molecule has 13 heavy (non-hydrogen) atoms. The van der Waals surface area contributed by atoms with Crippen LogP contribution in [0.15, 0.2) is 29.8 Å². The highest BCUT2D eigenvalue weighted by molar-refractivity contribution is 5.52. The van der Waals surface area contributed by atoms with Crippen LogP contribution < -0.4 is 5.32 Å². The molecule has 1 N–H and O–H groups in total. The average molecular weight is 179 g/mol. The van der Waals surface area contributed by atoms with Gasteiger partial charge < -0.3 is 5.32 Å². The number of rotatable bonds is 3. The Morgan fingerprint density at radius 2 is 2.00 bits per heavy atom. The quantitative estimate of drug-likeness (QED) is 0.751. The SMILES string of the molecule is CNCC(C)=Cc1ccc(F)cc1. The van der Waals surface area contributed by atoms with Gasteiger partial charge in [-0.15, -0.1) is 0 Å². The summed E-state index contributed by atoms with van der Waals surface area (Å²) in [5.74, 6) is -0.191. The van der Waals surface area contributed by atoms with Gasteiger partial charge in [-0.3, -0.25) is 0 Å². The zero-order valence-electron chi connectivity index (χ0n) is 7.97. The van der Waals surface area contributed by atoms with Gasteiger partial charge in [-0.25, -0.2) is 4.39 Å². The molecule has 0 saturated heterocycles. The lowest BCUT2D eigenvalue weighted by Gasteiger charge is -1.99. The molecule has 1 aromatic carbocycles. The Bertz CT molecular complexity index is 287. The second-order valence-electron chi connectivity index (χ2n) is 3.07. The number of benzene rings is 1. The Labute approximate surface area is 78.3 Å². The van der Waals surface area contributed by atoms with Gasteiger partial charge in [-0.2, -0.15) is 0 Å². The highest BCUT2D eigenvalue weighted by Crippen LogP contribution is 2.07. The first kappa shape index (κ1) is 9.93. The molecule has 0 amide bonds. The maximum absolute atomic E-state index is 12.5. The molecule has 0 aliphatic heterocycles. The minimum Gasteiger partial charge on any atom is -0.316 e. The Morgan fingerprint density at radius 3 is 2.54 bits per heavy atom. The molecule has 0 heterocycles. The van der Waals surface area contributed by atoms with E-state index in [-0.39, 0.29) is 5.82 Å². The predicted octanol–water partition coefficient (Wildman–Crippen LogP) is 2.45. The van der Waals surface area contributed by atoms with Crippen molar-refractivity contribution < 1.29 is 4.39 Å². The van der Waals surface area contributed by atoms with Crippen LogP contribution in [0.1, 0.15) is 12.5 Å². The minimum absolute atomic E-state index is 0.191. The summed E-state index contributed by atoms with van der Waals surface area (Å²) in [6.45, 7) is 2.90. The molecular formula is C11H14FN. The van der Waals surface area contributed by atoms with Gasteiger partial charge in [0.1, 0.15) is 5.82 Å². The number of likely N-dealkylation sites (N-methyl/N-ethyl adjacent to an activating group) is 1. The van der Waals surface area contributed by atoms with Crippen LogP contribution in [0.4, 0.5) is 4.39 Å². The maximum atomic E-state index is 12.5. The van der Waals surface area contributed by atoms with Crippen LogP contribution in [-0.4, -0.2) is 13.6 Å². The fourth-order valence-electron chi connectivity index (χ4n) is 1.17. The third-order valence-electron chi connectivity index (χ3n) is 1.74. The lowest BCUT2D eigenvalue weighted by Crippen LogP contribution is -2.08. The third-order valence-corrected chi connectivity index (χ3v) is 1.74. The van der Waals surface area contributed by atoms with E-state index in [4.69, 9.17) is 0 Å². The van der Waals surface area contributed by atoms with E-state index < -0.39 is 0 Å². The van der Waals surface area contributed by atoms with Crippen molar-refractivity contribution in [2.24, 2.45) is 0 Å². The van der Waals surface area contributed by atoms with E-state index in [2.05, 4.69) is 5.32 Å². The fraction of sp³-hybridized carbons (Fsp3) is 0.273. The first-order valence-electron chi connectivity index (χ1n) is 4.29. The molecule has 2 heteroatoms. The van der Waals surface area contributed by atoms with E-state index in [1.54, 1.807) is 12.1 Å². The molecule has 0 bridgehead atoms. The largest absolute Gasteiger partial charge is 0.316 e. The van der Waals surface area contributed by atoms with Gasteiger partial charge in [0, 0.05) is 6.54 Å². The molecule has 0 fully saturated rings. The molecule has 0 radical (unpaired) electrons. The van der Waals surface area contributed by atoms with Gasteiger partial charge in [0.2, 0.25) is 0 Å². The smallest absolute Gasteiger partial charge is 0.123 e. The second kappa shape index (κ2) is 4.77. The summed E-state index contributed by atoms with van der Waals surface area (Å²) in [5, 5.41) is 3.06. The van der Waals surface area contributed by atoms with Crippen LogP contribution >= 0.6 is 0 Å². The van der Waals surface area contributed by atoms with Crippen molar-refractivity contribution in [1.29, 1.82) is 0 Å². The number of hydrogen-bond donors (Lipinski definition) is 1. The molecule has 1 aromatic rings. The summed E-state index contributed by atoms with van der Waals surface area (Å²) in [6, 6.07) is 6.49. The van der Waals surface area contributed by atoms with Crippen LogP contribution in [0.2, 0.25) is 0 Å². The zero-order chi connectivity index (χ0) is 9.68. The van der Waals surface area contributed by atoms with E-state index in [0.717, 1.165) is 12.1 Å². The van der Waals surface area contributed by atoms with E-state index >= 15 is 0 Å². The summed E-state index contributed by atoms with van der Waals surface area (Å²) in [7, 11) is 1.90. The molecule has 0 atom stereocenters. The molecule has 0 spiro atoms. The summed E-state index contributed by atoms with van der Waals surface area (Å²) in [5.41, 5.74) is 2.27. The lowest BCUT2D eigenvalue weighted by molar-refractivity contribution is 0.628. The maximum Gasteiger partial charge on any atom is 0.123 e. The van der Waals surface area contributed by atoms with E-state index in [1.807, 2.05) is 20.0 Å². The van der Waals surface area contributed by atoms with Crippen molar-refractivity contribution >= 4 is 6.08 Å². The van der Waals surface area contributed by atoms with E-state index in [9.17, 15) is 4.39 Å². The highest BCUT2D eigenvalue weighted by Gasteiger charge is 1.91. The van der Waals surface area contributed by atoms with Crippen LogP contribution in [-0.2, 0) is 0 Å². The second-order valence-corrected chi connectivity index (χ2v) is 3.07. The van der Waals surface area contributed by atoms with Crippen LogP contribution in [0, 0.1) is 5.82 Å². The molecule has 0 aromatic heterocycles. The van der Waals surface area contributed by atoms with Gasteiger partial charge in [0.25, 0.3) is 0 Å². The number of hydrogen-bond acceptors (Lipinski definition) is 1. The summed E-state index contributed by atoms with van der Waals surface area (Å²) in [6.07, 6.45) is 2.04. The van der Waals surface area contributed by atoms with Gasteiger partial charge in [0.05, 0.1) is 0 Å². The van der Waals surface area contributed by atoms with E-state index in [0.29, 0.717) is 0 Å². The Morgan fingerprint density at radius 1 is 1.38 bits per heavy atom. The first-order valence-corrected chi connectivity index (χ1v) is 4.29. The molecule has 0 aliphatic rings. The monoisotopic (exact) mass is 179 g/mol. The van der Waals surface area contributed by atoms with Gasteiger partial charge in [0.15, 0.2) is 0 Å². The summed E-state index contributed by atoms with van der Waals surface area (Å²) >= 11 is 0. The van der Waals surface area contributed by atoms with Crippen LogP contribution in [0.5, 0.6) is 0 Å². The predicted molar refractivity (Wildman–Crippen MR) is 54.0 cm³/mol. The molecule has 0 aliphatic carbocycles. The third kappa shape index (κ3) is 3.38. The van der Waals surface area contributed by atoms with Gasteiger partial charge in [-0.1, -0.05) is 23.8 Å². The molecule has 1 nitrogen and oxygen atoms in total. The highest BCUT2D eigenvalue weighted by atomic mass is 19.1. The summed E-state index contributed by atoms with van der Waals surface area (Å²) in [4.78, 5) is 0. The number of halogens is 1. The molecule has 0 saturated carbocycles. The van der Waals surface area contributed by atoms with Gasteiger partial charge in [-0.05, 0) is 31.7 Å².